The van der Waals surface area contributed by atoms with E-state index in [0.717, 1.165) is 36.9 Å². The van der Waals surface area contributed by atoms with E-state index < -0.39 is 0 Å². The molecular weight excluding hydrogens is 653 g/mol. The van der Waals surface area contributed by atoms with Gasteiger partial charge in [-0.2, -0.15) is 0 Å². The monoisotopic (exact) mass is 714 g/mol. The van der Waals surface area contributed by atoms with Gasteiger partial charge >= 0.3 is 0 Å². The summed E-state index contributed by atoms with van der Waals surface area (Å²) in [4.78, 5) is 64.5. The number of unbranched alkanes of at least 4 members (excludes halogenated alkanes) is 1. The van der Waals surface area contributed by atoms with Crippen LogP contribution in [0.2, 0.25) is 0 Å². The molecule has 0 bridgehead atoms. The van der Waals surface area contributed by atoms with Gasteiger partial charge in [-0.15, -0.1) is 0 Å². The Hall–Kier alpha value is -2.70. The van der Waals surface area contributed by atoms with E-state index in [0.29, 0.717) is 38.3 Å². The molecule has 0 aliphatic carbocycles. The average Bonchev–Trinajstić information content (AvgIpc) is 3.72. The van der Waals surface area contributed by atoms with E-state index in [1.807, 2.05) is 58.8 Å². The maximum Gasteiger partial charge on any atom is 0.220 e. The summed E-state index contributed by atoms with van der Waals surface area (Å²) in [6.07, 6.45) is 7.64. The zero-order chi connectivity index (χ0) is 34.7. The molecule has 0 spiro atoms. The molecule has 1 N–H and O–H groups in total. The Labute approximate surface area is 298 Å². The SMILES string of the molecule is C.C.CC(=O)C1CCC(=O)N1.CC(=O)CCCCC1CCSS1.CC(=O)COc1ccccc1.CC(=O)N1CCOCC1.CCC(C)=O. The fourth-order valence-corrected chi connectivity index (χ4v) is 6.84. The van der Waals surface area contributed by atoms with E-state index in [9.17, 15) is 28.8 Å². The van der Waals surface area contributed by atoms with Gasteiger partial charge in [0.15, 0.2) is 11.6 Å². The molecule has 3 heterocycles. The lowest BCUT2D eigenvalue weighted by molar-refractivity contribution is -0.132. The molecule has 2 amide bonds. The van der Waals surface area contributed by atoms with Gasteiger partial charge in [0.1, 0.15) is 23.9 Å². The van der Waals surface area contributed by atoms with Crippen molar-refractivity contribution in [3.05, 3.63) is 30.3 Å². The van der Waals surface area contributed by atoms with Crippen molar-refractivity contribution in [3.8, 4) is 5.75 Å². The third-order valence-corrected chi connectivity index (χ3v) is 9.66. The molecule has 1 aromatic rings. The highest BCUT2D eigenvalue weighted by Gasteiger charge is 2.23. The van der Waals surface area contributed by atoms with Crippen LogP contribution < -0.4 is 10.1 Å². The number of nitrogens with zero attached hydrogens (tertiary/aromatic N) is 1. The van der Waals surface area contributed by atoms with Crippen molar-refractivity contribution in [1.29, 1.82) is 0 Å². The largest absolute Gasteiger partial charge is 0.486 e. The predicted molar refractivity (Wildman–Crippen MR) is 200 cm³/mol. The van der Waals surface area contributed by atoms with Gasteiger partial charge in [0.2, 0.25) is 11.8 Å². The van der Waals surface area contributed by atoms with Gasteiger partial charge in [-0.1, -0.05) is 68.0 Å². The summed E-state index contributed by atoms with van der Waals surface area (Å²) in [6, 6.07) is 9.09. The van der Waals surface area contributed by atoms with E-state index in [2.05, 4.69) is 5.32 Å². The fraction of sp³-hybridized carbons (Fsp3) is 0.667. The van der Waals surface area contributed by atoms with Crippen LogP contribution in [-0.4, -0.2) is 89.8 Å². The zero-order valence-corrected chi connectivity index (χ0v) is 30.1. The summed E-state index contributed by atoms with van der Waals surface area (Å²) >= 11 is 0. The Morgan fingerprint density at radius 3 is 1.88 bits per heavy atom. The lowest BCUT2D eigenvalue weighted by atomic mass is 10.1. The fourth-order valence-electron chi connectivity index (χ4n) is 3.81. The van der Waals surface area contributed by atoms with Gasteiger partial charge in [0.05, 0.1) is 19.3 Å². The highest BCUT2D eigenvalue weighted by molar-refractivity contribution is 8.77. The number of benzene rings is 1. The number of amides is 2. The van der Waals surface area contributed by atoms with E-state index in [1.165, 1.54) is 38.9 Å². The number of ketones is 4. The average molecular weight is 715 g/mol. The highest BCUT2D eigenvalue weighted by Crippen LogP contribution is 2.39. The molecule has 12 heteroatoms. The Bertz CT molecular complexity index is 1040. The molecule has 1 aromatic carbocycles. The van der Waals surface area contributed by atoms with E-state index in [-0.39, 0.29) is 56.7 Å². The first-order valence-corrected chi connectivity index (χ1v) is 18.3. The number of ether oxygens (including phenoxy) is 2. The van der Waals surface area contributed by atoms with Gasteiger partial charge in [-0.05, 0) is 65.5 Å². The topological polar surface area (TPSA) is 136 Å². The standard InChI is InChI=1S/C9H10O2.C9H16OS2.C6H11NO2.C6H9NO2.C4H8O.2CH4/c1-8(10)7-11-9-5-3-2-4-6-9;1-8(10)4-2-3-5-9-6-7-11-12-9;1-6(8)7-2-4-9-5-3-7;1-4(8)5-2-3-6(9)7-5;1-3-4(2)5;;/h2-6H,7H2,1H3;9H,2-7H2,1H3;2-5H2,1H3;5H,2-3H2,1H3,(H,7,9);3H2,1-2H3;2*1H4. The third-order valence-electron chi connectivity index (χ3n) is 6.66. The quantitative estimate of drug-likeness (QED) is 0.201. The van der Waals surface area contributed by atoms with Gasteiger partial charge < -0.3 is 29.3 Å². The zero-order valence-electron chi connectivity index (χ0n) is 28.5. The summed E-state index contributed by atoms with van der Waals surface area (Å²) in [6.45, 7) is 12.8. The minimum Gasteiger partial charge on any atom is -0.486 e. The van der Waals surface area contributed by atoms with Gasteiger partial charge in [-0.25, -0.2) is 0 Å². The Morgan fingerprint density at radius 2 is 1.50 bits per heavy atom. The molecule has 0 radical (unpaired) electrons. The highest BCUT2D eigenvalue weighted by atomic mass is 33.1. The molecule has 3 saturated heterocycles. The molecule has 276 valence electrons. The second kappa shape index (κ2) is 31.6. The van der Waals surface area contributed by atoms with Crippen molar-refractivity contribution in [3.63, 3.8) is 0 Å². The molecule has 3 fully saturated rings. The van der Waals surface area contributed by atoms with Gasteiger partial charge in [0, 0.05) is 50.3 Å². The molecule has 0 saturated carbocycles. The Kier molecular flexibility index (Phi) is 32.7. The molecule has 0 aromatic heterocycles. The predicted octanol–water partition coefficient (Wildman–Crippen LogP) is 6.92. The molecule has 10 nitrogen and oxygen atoms in total. The number of nitrogens with one attached hydrogen (secondary N) is 1. The molecule has 48 heavy (non-hydrogen) atoms. The van der Waals surface area contributed by atoms with Crippen LogP contribution in [-0.2, 0) is 33.5 Å². The number of hydrogen-bond donors (Lipinski definition) is 1. The smallest absolute Gasteiger partial charge is 0.220 e. The van der Waals surface area contributed by atoms with E-state index in [1.54, 1.807) is 25.7 Å². The van der Waals surface area contributed by atoms with E-state index >= 15 is 0 Å². The first kappa shape index (κ1) is 49.7. The Balaban J connectivity index is -0.000000533. The summed E-state index contributed by atoms with van der Waals surface area (Å²) in [7, 11) is 4.03. The number of morpholine rings is 1. The lowest BCUT2D eigenvalue weighted by Gasteiger charge is -2.25. The van der Waals surface area contributed by atoms with Crippen LogP contribution in [0.1, 0.15) is 108 Å². The third kappa shape index (κ3) is 29.4. The van der Waals surface area contributed by atoms with Crippen LogP contribution in [0.25, 0.3) is 0 Å². The molecule has 3 aliphatic rings. The molecular formula is C36H62N2O8S2. The van der Waals surface area contributed by atoms with Crippen LogP contribution in [0.5, 0.6) is 5.75 Å². The summed E-state index contributed by atoms with van der Waals surface area (Å²) in [5.41, 5.74) is 0. The molecule has 4 rings (SSSR count). The summed E-state index contributed by atoms with van der Waals surface area (Å²) < 4.78 is 10.2. The maximum atomic E-state index is 10.7. The second-order valence-electron chi connectivity index (χ2n) is 11.0. The minimum atomic E-state index is -0.197. The number of hydrogen-bond acceptors (Lipinski definition) is 10. The number of rotatable bonds is 10. The molecule has 2 atom stereocenters. The maximum absolute atomic E-state index is 10.7. The van der Waals surface area contributed by atoms with Gasteiger partial charge in [-0.3, -0.25) is 19.2 Å². The number of carbonyl (C=O) groups is 6. The molecule has 3 aliphatic heterocycles. The molecule has 2 unspecified atom stereocenters. The van der Waals surface area contributed by atoms with E-state index in [4.69, 9.17) is 9.47 Å². The van der Waals surface area contributed by atoms with Crippen molar-refractivity contribution in [1.82, 2.24) is 10.2 Å². The number of carbonyl (C=O) groups excluding carboxylic acids is 6. The second-order valence-corrected chi connectivity index (χ2v) is 13.8. The summed E-state index contributed by atoms with van der Waals surface area (Å²) in [5.74, 6) is 2.89. The van der Waals surface area contributed by atoms with Crippen molar-refractivity contribution in [2.45, 2.75) is 119 Å². The lowest BCUT2D eigenvalue weighted by Crippen LogP contribution is -2.39. The summed E-state index contributed by atoms with van der Waals surface area (Å²) in [5, 5.41) is 3.44. The first-order chi connectivity index (χ1) is 21.8. The van der Waals surface area contributed by atoms with Crippen molar-refractivity contribution >= 4 is 56.5 Å². The van der Waals surface area contributed by atoms with Crippen LogP contribution in [0.4, 0.5) is 0 Å². The van der Waals surface area contributed by atoms with Crippen LogP contribution in [0, 0.1) is 0 Å². The van der Waals surface area contributed by atoms with Crippen molar-refractivity contribution < 1.29 is 38.2 Å². The first-order valence-electron chi connectivity index (χ1n) is 15.9. The van der Waals surface area contributed by atoms with Gasteiger partial charge in [0.25, 0.3) is 0 Å². The minimum absolute atomic E-state index is 0. The van der Waals surface area contributed by atoms with Crippen molar-refractivity contribution in [2.75, 3.05) is 38.7 Å². The number of Topliss-reactive ketones (excluding diaryl/α,β-unsaturated/α-hetero) is 4. The van der Waals surface area contributed by atoms with Crippen LogP contribution >= 0.6 is 21.6 Å². The van der Waals surface area contributed by atoms with Crippen LogP contribution in [0.15, 0.2) is 30.3 Å². The van der Waals surface area contributed by atoms with Crippen molar-refractivity contribution in [2.24, 2.45) is 0 Å². The number of para-hydroxylation sites is 1. The van der Waals surface area contributed by atoms with Crippen LogP contribution in [0.3, 0.4) is 0 Å². The Morgan fingerprint density at radius 1 is 0.896 bits per heavy atom. The normalized spacial score (nSPS) is 17.2.